The van der Waals surface area contributed by atoms with Crippen molar-refractivity contribution in [2.24, 2.45) is 11.8 Å². The normalized spacial score (nSPS) is 45.9. The van der Waals surface area contributed by atoms with Crippen molar-refractivity contribution < 1.29 is 14.6 Å². The molecule has 2 aliphatic carbocycles. The van der Waals surface area contributed by atoms with Crippen LogP contribution >= 0.6 is 0 Å². The molecular weight excluding hydrogens is 242 g/mol. The third-order valence-corrected chi connectivity index (χ3v) is 5.82. The van der Waals surface area contributed by atoms with Gasteiger partial charge < -0.3 is 14.6 Å². The maximum absolute atomic E-state index is 10.4. The highest BCUT2D eigenvalue weighted by Crippen LogP contribution is 2.43. The second-order valence-corrected chi connectivity index (χ2v) is 6.89. The number of hydrogen-bond acceptors (Lipinski definition) is 4. The first-order chi connectivity index (χ1) is 9.26. The van der Waals surface area contributed by atoms with Gasteiger partial charge in [-0.3, -0.25) is 4.90 Å². The summed E-state index contributed by atoms with van der Waals surface area (Å²) in [5, 5.41) is 10.4. The maximum Gasteiger partial charge on any atom is 0.170 e. The van der Waals surface area contributed by atoms with E-state index in [2.05, 4.69) is 4.90 Å². The molecule has 0 aromatic heterocycles. The van der Waals surface area contributed by atoms with E-state index in [1.54, 1.807) is 0 Å². The standard InChI is InChI=1S/C15H25NO3/c17-14-4-5-15(18-6-7-19-15)8-13(14)16-9-11-2-1-3-12(11)10-16/h11-14,17H,1-10H2. The number of nitrogens with zero attached hydrogens (tertiary/aromatic N) is 1. The van der Waals surface area contributed by atoms with Crippen LogP contribution in [0.5, 0.6) is 0 Å². The molecule has 1 N–H and O–H groups in total. The summed E-state index contributed by atoms with van der Waals surface area (Å²) in [6, 6.07) is 0.248. The fourth-order valence-electron chi connectivity index (χ4n) is 4.79. The van der Waals surface area contributed by atoms with Crippen LogP contribution in [0.15, 0.2) is 0 Å². The summed E-state index contributed by atoms with van der Waals surface area (Å²) in [7, 11) is 0. The Bertz CT molecular complexity index is 330. The van der Waals surface area contributed by atoms with E-state index in [4.69, 9.17) is 9.47 Å². The molecular formula is C15H25NO3. The van der Waals surface area contributed by atoms with Gasteiger partial charge in [0.15, 0.2) is 5.79 Å². The molecule has 4 nitrogen and oxygen atoms in total. The summed E-state index contributed by atoms with van der Waals surface area (Å²) < 4.78 is 11.7. The van der Waals surface area contributed by atoms with Gasteiger partial charge in [-0.2, -0.15) is 0 Å². The van der Waals surface area contributed by atoms with Crippen LogP contribution in [-0.4, -0.2) is 54.2 Å². The Labute approximate surface area is 115 Å². The smallest absolute Gasteiger partial charge is 0.170 e. The molecule has 0 aromatic carbocycles. The van der Waals surface area contributed by atoms with Gasteiger partial charge >= 0.3 is 0 Å². The number of fused-ring (bicyclic) bond motifs is 1. The molecule has 2 saturated carbocycles. The Morgan fingerprint density at radius 3 is 2.37 bits per heavy atom. The largest absolute Gasteiger partial charge is 0.391 e. The molecule has 2 heterocycles. The van der Waals surface area contributed by atoms with Gasteiger partial charge in [-0.25, -0.2) is 0 Å². The van der Waals surface area contributed by atoms with Gasteiger partial charge in [0.25, 0.3) is 0 Å². The molecule has 108 valence electrons. The molecule has 2 saturated heterocycles. The average Bonchev–Trinajstić information content (AvgIpc) is 3.08. The Hall–Kier alpha value is -0.160. The van der Waals surface area contributed by atoms with Crippen molar-refractivity contribution >= 4 is 0 Å². The molecule has 4 heteroatoms. The van der Waals surface area contributed by atoms with Crippen LogP contribution in [0.4, 0.5) is 0 Å². The first kappa shape index (κ1) is 12.6. The van der Waals surface area contributed by atoms with Crippen molar-refractivity contribution in [3.8, 4) is 0 Å². The number of hydrogen-bond donors (Lipinski definition) is 1. The topological polar surface area (TPSA) is 41.9 Å². The summed E-state index contributed by atoms with van der Waals surface area (Å²) in [4.78, 5) is 2.53. The second kappa shape index (κ2) is 4.69. The van der Waals surface area contributed by atoms with Crippen LogP contribution in [-0.2, 0) is 9.47 Å². The minimum absolute atomic E-state index is 0.197. The molecule has 2 aliphatic heterocycles. The van der Waals surface area contributed by atoms with Crippen LogP contribution in [0.1, 0.15) is 38.5 Å². The third-order valence-electron chi connectivity index (χ3n) is 5.82. The van der Waals surface area contributed by atoms with Gasteiger partial charge in [0, 0.05) is 32.0 Å². The van der Waals surface area contributed by atoms with Crippen LogP contribution < -0.4 is 0 Å². The Balaban J connectivity index is 1.47. The van der Waals surface area contributed by atoms with E-state index in [1.807, 2.05) is 0 Å². The Morgan fingerprint density at radius 2 is 1.68 bits per heavy atom. The highest BCUT2D eigenvalue weighted by molar-refractivity contribution is 4.98. The SMILES string of the molecule is OC1CCC2(CC1N1CC3CCCC3C1)OCCO2. The van der Waals surface area contributed by atoms with Crippen LogP contribution in [0.25, 0.3) is 0 Å². The van der Waals surface area contributed by atoms with E-state index in [9.17, 15) is 5.11 Å². The van der Waals surface area contributed by atoms with E-state index >= 15 is 0 Å². The number of aliphatic hydroxyl groups is 1. The van der Waals surface area contributed by atoms with E-state index < -0.39 is 0 Å². The van der Waals surface area contributed by atoms with Crippen molar-refractivity contribution in [1.82, 2.24) is 4.90 Å². The molecule has 0 bridgehead atoms. The van der Waals surface area contributed by atoms with Crippen LogP contribution in [0.3, 0.4) is 0 Å². The second-order valence-electron chi connectivity index (χ2n) is 6.89. The van der Waals surface area contributed by atoms with Crippen LogP contribution in [0, 0.1) is 11.8 Å². The quantitative estimate of drug-likeness (QED) is 0.779. The zero-order valence-electron chi connectivity index (χ0n) is 11.6. The molecule has 0 aromatic rings. The molecule has 4 aliphatic rings. The van der Waals surface area contributed by atoms with Crippen molar-refractivity contribution in [3.05, 3.63) is 0 Å². The van der Waals surface area contributed by atoms with Crippen molar-refractivity contribution in [1.29, 1.82) is 0 Å². The first-order valence-corrected chi connectivity index (χ1v) is 7.96. The lowest BCUT2D eigenvalue weighted by atomic mass is 9.86. The number of rotatable bonds is 1. The average molecular weight is 267 g/mol. The van der Waals surface area contributed by atoms with Crippen LogP contribution in [0.2, 0.25) is 0 Å². The predicted octanol–water partition coefficient (Wildman–Crippen LogP) is 1.37. The highest BCUT2D eigenvalue weighted by atomic mass is 16.7. The zero-order chi connectivity index (χ0) is 12.9. The lowest BCUT2D eigenvalue weighted by Crippen LogP contribution is -2.53. The molecule has 4 atom stereocenters. The van der Waals surface area contributed by atoms with Gasteiger partial charge in [-0.05, 0) is 31.1 Å². The summed E-state index contributed by atoms with van der Waals surface area (Å²) >= 11 is 0. The Kier molecular flexibility index (Phi) is 3.10. The maximum atomic E-state index is 10.4. The number of ether oxygens (including phenoxy) is 2. The van der Waals surface area contributed by atoms with Gasteiger partial charge in [0.05, 0.1) is 19.3 Å². The lowest BCUT2D eigenvalue weighted by Gasteiger charge is -2.43. The van der Waals surface area contributed by atoms with E-state index in [1.165, 1.54) is 32.4 Å². The first-order valence-electron chi connectivity index (χ1n) is 7.96. The van der Waals surface area contributed by atoms with E-state index in [0.717, 1.165) is 31.1 Å². The van der Waals surface area contributed by atoms with Gasteiger partial charge in [0.2, 0.25) is 0 Å². The van der Waals surface area contributed by atoms with Crippen molar-refractivity contribution in [3.63, 3.8) is 0 Å². The van der Waals surface area contributed by atoms with E-state index in [0.29, 0.717) is 13.2 Å². The fraction of sp³-hybridized carbons (Fsp3) is 1.00. The molecule has 4 unspecified atom stereocenters. The molecule has 19 heavy (non-hydrogen) atoms. The van der Waals surface area contributed by atoms with Crippen molar-refractivity contribution in [2.75, 3.05) is 26.3 Å². The summed E-state index contributed by atoms with van der Waals surface area (Å²) in [6.07, 6.45) is 6.52. The number of aliphatic hydroxyl groups excluding tert-OH is 1. The third kappa shape index (κ3) is 2.13. The minimum Gasteiger partial charge on any atom is -0.391 e. The monoisotopic (exact) mass is 267 g/mol. The van der Waals surface area contributed by atoms with Gasteiger partial charge in [0.1, 0.15) is 0 Å². The predicted molar refractivity (Wildman–Crippen MR) is 70.7 cm³/mol. The molecule has 1 spiro atoms. The fourth-order valence-corrected chi connectivity index (χ4v) is 4.79. The zero-order valence-corrected chi connectivity index (χ0v) is 11.6. The Morgan fingerprint density at radius 1 is 1.00 bits per heavy atom. The lowest BCUT2D eigenvalue weighted by molar-refractivity contribution is -0.204. The molecule has 4 rings (SSSR count). The molecule has 0 amide bonds. The van der Waals surface area contributed by atoms with Gasteiger partial charge in [-0.1, -0.05) is 6.42 Å². The van der Waals surface area contributed by atoms with E-state index in [-0.39, 0.29) is 17.9 Å². The number of likely N-dealkylation sites (tertiary alicyclic amines) is 1. The van der Waals surface area contributed by atoms with Gasteiger partial charge in [-0.15, -0.1) is 0 Å². The molecule has 4 fully saturated rings. The minimum atomic E-state index is -0.373. The molecule has 0 radical (unpaired) electrons. The highest BCUT2D eigenvalue weighted by Gasteiger charge is 2.49. The van der Waals surface area contributed by atoms with Crippen molar-refractivity contribution in [2.45, 2.75) is 56.5 Å². The summed E-state index contributed by atoms with van der Waals surface area (Å²) in [5.74, 6) is 1.40. The summed E-state index contributed by atoms with van der Waals surface area (Å²) in [6.45, 7) is 3.80. The summed E-state index contributed by atoms with van der Waals surface area (Å²) in [5.41, 5.74) is 0.